The standard InChI is InChI=1S/C21H15FN2O4/c1-12-11-16(23-28-12)24-18(13-5-3-2-4-6-13)17(20(26)21(24)27)19(25)14-7-9-15(22)10-8-14/h2-11,17-18H,1H3. The van der Waals surface area contributed by atoms with Crippen LogP contribution >= 0.6 is 0 Å². The molecular weight excluding hydrogens is 363 g/mol. The highest BCUT2D eigenvalue weighted by atomic mass is 19.1. The Morgan fingerprint density at radius 2 is 1.75 bits per heavy atom. The number of hydrogen-bond acceptors (Lipinski definition) is 5. The topological polar surface area (TPSA) is 80.5 Å². The predicted octanol–water partition coefficient (Wildman–Crippen LogP) is 3.28. The molecule has 1 aromatic heterocycles. The second kappa shape index (κ2) is 6.84. The van der Waals surface area contributed by atoms with Crippen LogP contribution in [0.1, 0.15) is 27.7 Å². The lowest BCUT2D eigenvalue weighted by Gasteiger charge is -2.25. The lowest BCUT2D eigenvalue weighted by molar-refractivity contribution is -0.135. The maximum Gasteiger partial charge on any atom is 0.297 e. The first-order valence-electron chi connectivity index (χ1n) is 8.63. The van der Waals surface area contributed by atoms with Gasteiger partial charge in [0.1, 0.15) is 17.5 Å². The zero-order valence-electron chi connectivity index (χ0n) is 14.8. The molecule has 1 fully saturated rings. The molecule has 0 radical (unpaired) electrons. The molecule has 28 heavy (non-hydrogen) atoms. The molecule has 1 amide bonds. The van der Waals surface area contributed by atoms with Crippen molar-refractivity contribution >= 4 is 23.3 Å². The summed E-state index contributed by atoms with van der Waals surface area (Å²) >= 11 is 0. The summed E-state index contributed by atoms with van der Waals surface area (Å²) in [5, 5.41) is 3.85. The van der Waals surface area contributed by atoms with E-state index in [1.54, 1.807) is 37.3 Å². The second-order valence-electron chi connectivity index (χ2n) is 6.54. The molecule has 2 aromatic carbocycles. The molecule has 0 spiro atoms. The molecule has 1 aliphatic rings. The fourth-order valence-electron chi connectivity index (χ4n) is 3.43. The van der Waals surface area contributed by atoms with Crippen LogP contribution in [-0.4, -0.2) is 22.6 Å². The van der Waals surface area contributed by atoms with Crippen LogP contribution in [0.15, 0.2) is 65.2 Å². The number of carbonyl (C=O) groups excluding carboxylic acids is 3. The quantitative estimate of drug-likeness (QED) is 0.395. The van der Waals surface area contributed by atoms with Gasteiger partial charge in [-0.15, -0.1) is 0 Å². The molecule has 2 atom stereocenters. The first-order valence-corrected chi connectivity index (χ1v) is 8.63. The smallest absolute Gasteiger partial charge is 0.297 e. The van der Waals surface area contributed by atoms with Gasteiger partial charge in [0.15, 0.2) is 11.6 Å². The zero-order valence-corrected chi connectivity index (χ0v) is 14.8. The van der Waals surface area contributed by atoms with Crippen molar-refractivity contribution in [1.29, 1.82) is 0 Å². The summed E-state index contributed by atoms with van der Waals surface area (Å²) < 4.78 is 18.3. The minimum Gasteiger partial charge on any atom is -0.360 e. The van der Waals surface area contributed by atoms with Crippen molar-refractivity contribution in [3.05, 3.63) is 83.4 Å². The van der Waals surface area contributed by atoms with Gasteiger partial charge in [-0.25, -0.2) is 4.39 Å². The normalized spacial score (nSPS) is 19.3. The van der Waals surface area contributed by atoms with Crippen LogP contribution in [0.3, 0.4) is 0 Å². The summed E-state index contributed by atoms with van der Waals surface area (Å²) in [6.45, 7) is 1.66. The number of halogens is 1. The highest BCUT2D eigenvalue weighted by molar-refractivity contribution is 6.48. The van der Waals surface area contributed by atoms with E-state index in [0.717, 1.165) is 12.1 Å². The molecule has 7 heteroatoms. The number of Topliss-reactive ketones (excluding diaryl/α,β-unsaturated/α-hetero) is 2. The summed E-state index contributed by atoms with van der Waals surface area (Å²) in [7, 11) is 0. The molecule has 2 heterocycles. The third-order valence-corrected chi connectivity index (χ3v) is 4.72. The van der Waals surface area contributed by atoms with Crippen LogP contribution in [-0.2, 0) is 9.59 Å². The number of anilines is 1. The van der Waals surface area contributed by atoms with Gasteiger partial charge in [0.05, 0.1) is 6.04 Å². The van der Waals surface area contributed by atoms with E-state index in [9.17, 15) is 18.8 Å². The molecule has 1 saturated heterocycles. The third kappa shape index (κ3) is 2.90. The monoisotopic (exact) mass is 378 g/mol. The van der Waals surface area contributed by atoms with E-state index < -0.39 is 35.3 Å². The van der Waals surface area contributed by atoms with Gasteiger partial charge in [0, 0.05) is 11.6 Å². The van der Waals surface area contributed by atoms with Crippen molar-refractivity contribution in [2.24, 2.45) is 5.92 Å². The first-order chi connectivity index (χ1) is 13.5. The summed E-state index contributed by atoms with van der Waals surface area (Å²) in [4.78, 5) is 39.9. The number of aryl methyl sites for hydroxylation is 1. The molecule has 0 N–H and O–H groups in total. The average molecular weight is 378 g/mol. The van der Waals surface area contributed by atoms with Gasteiger partial charge in [0.2, 0.25) is 5.78 Å². The number of amides is 1. The average Bonchev–Trinajstić information content (AvgIpc) is 3.24. The first kappa shape index (κ1) is 17.8. The van der Waals surface area contributed by atoms with Crippen LogP contribution < -0.4 is 4.90 Å². The highest BCUT2D eigenvalue weighted by Gasteiger charge is 2.53. The molecule has 0 saturated carbocycles. The van der Waals surface area contributed by atoms with E-state index in [2.05, 4.69) is 5.16 Å². The number of hydrogen-bond donors (Lipinski definition) is 0. The van der Waals surface area contributed by atoms with Gasteiger partial charge >= 0.3 is 0 Å². The molecule has 2 unspecified atom stereocenters. The van der Waals surface area contributed by atoms with E-state index in [1.165, 1.54) is 23.1 Å². The van der Waals surface area contributed by atoms with Crippen molar-refractivity contribution in [3.8, 4) is 0 Å². The molecule has 1 aliphatic heterocycles. The van der Waals surface area contributed by atoms with Gasteiger partial charge in [0.25, 0.3) is 5.91 Å². The number of nitrogens with zero attached hydrogens (tertiary/aromatic N) is 2. The molecule has 0 aliphatic carbocycles. The number of rotatable bonds is 4. The summed E-state index contributed by atoms with van der Waals surface area (Å²) in [6.07, 6.45) is 0. The Morgan fingerprint density at radius 1 is 1.07 bits per heavy atom. The maximum absolute atomic E-state index is 13.2. The van der Waals surface area contributed by atoms with E-state index in [1.807, 2.05) is 0 Å². The van der Waals surface area contributed by atoms with Crippen LogP contribution in [0.5, 0.6) is 0 Å². The second-order valence-corrected chi connectivity index (χ2v) is 6.54. The Kier molecular flexibility index (Phi) is 4.35. The van der Waals surface area contributed by atoms with E-state index >= 15 is 0 Å². The van der Waals surface area contributed by atoms with Gasteiger partial charge < -0.3 is 4.52 Å². The van der Waals surface area contributed by atoms with Crippen molar-refractivity contribution in [1.82, 2.24) is 5.16 Å². The third-order valence-electron chi connectivity index (χ3n) is 4.72. The van der Waals surface area contributed by atoms with Crippen molar-refractivity contribution < 1.29 is 23.3 Å². The van der Waals surface area contributed by atoms with Gasteiger partial charge in [-0.1, -0.05) is 35.5 Å². The summed E-state index contributed by atoms with van der Waals surface area (Å²) in [5.41, 5.74) is 0.773. The van der Waals surface area contributed by atoms with Gasteiger partial charge in [-0.2, -0.15) is 0 Å². The fraction of sp³-hybridized carbons (Fsp3) is 0.143. The minimum absolute atomic E-state index is 0.159. The molecule has 140 valence electrons. The molecule has 0 bridgehead atoms. The summed E-state index contributed by atoms with van der Waals surface area (Å²) in [6, 6.07) is 14.3. The Morgan fingerprint density at radius 3 is 2.36 bits per heavy atom. The van der Waals surface area contributed by atoms with Crippen molar-refractivity contribution in [2.45, 2.75) is 13.0 Å². The molecule has 3 aromatic rings. The Balaban J connectivity index is 1.83. The van der Waals surface area contributed by atoms with E-state index in [0.29, 0.717) is 11.3 Å². The van der Waals surface area contributed by atoms with E-state index in [-0.39, 0.29) is 11.4 Å². The number of carbonyl (C=O) groups is 3. The minimum atomic E-state index is -1.27. The van der Waals surface area contributed by atoms with Gasteiger partial charge in [-0.05, 0) is 36.8 Å². The predicted molar refractivity (Wildman–Crippen MR) is 97.1 cm³/mol. The number of aromatic nitrogens is 1. The highest BCUT2D eigenvalue weighted by Crippen LogP contribution is 2.40. The Hall–Kier alpha value is -3.61. The lowest BCUT2D eigenvalue weighted by Crippen LogP contribution is -2.30. The Bertz CT molecular complexity index is 1060. The van der Waals surface area contributed by atoms with Crippen LogP contribution in [0, 0.1) is 18.7 Å². The SMILES string of the molecule is Cc1cc(N2C(=O)C(=O)C(C(=O)c3ccc(F)cc3)C2c2ccccc2)no1. The summed E-state index contributed by atoms with van der Waals surface area (Å²) in [5.74, 6) is -3.34. The fourth-order valence-corrected chi connectivity index (χ4v) is 3.43. The van der Waals surface area contributed by atoms with Crippen molar-refractivity contribution in [3.63, 3.8) is 0 Å². The molecular formula is C21H15FN2O4. The van der Waals surface area contributed by atoms with E-state index in [4.69, 9.17) is 4.52 Å². The number of ketones is 2. The Labute approximate surface area is 159 Å². The van der Waals surface area contributed by atoms with Crippen LogP contribution in [0.25, 0.3) is 0 Å². The van der Waals surface area contributed by atoms with Crippen LogP contribution in [0.2, 0.25) is 0 Å². The molecule has 6 nitrogen and oxygen atoms in total. The van der Waals surface area contributed by atoms with Gasteiger partial charge in [-0.3, -0.25) is 19.3 Å². The number of benzene rings is 2. The van der Waals surface area contributed by atoms with Crippen molar-refractivity contribution in [2.75, 3.05) is 4.90 Å². The maximum atomic E-state index is 13.2. The molecule has 4 rings (SSSR count). The van der Waals surface area contributed by atoms with Crippen LogP contribution in [0.4, 0.5) is 10.2 Å². The zero-order chi connectivity index (χ0) is 19.8. The lowest BCUT2D eigenvalue weighted by atomic mass is 9.86. The largest absolute Gasteiger partial charge is 0.360 e.